The number of fused-ring (bicyclic) bond motifs is 1. The normalized spacial score (nSPS) is 23.5. The van der Waals surface area contributed by atoms with E-state index < -0.39 is 5.41 Å². The summed E-state index contributed by atoms with van der Waals surface area (Å²) < 4.78 is 10.7. The molecule has 3 fully saturated rings. The number of rotatable bonds is 4. The summed E-state index contributed by atoms with van der Waals surface area (Å²) in [6.45, 7) is 1.96. The first kappa shape index (κ1) is 20.3. The van der Waals surface area contributed by atoms with Crippen molar-refractivity contribution >= 4 is 23.4 Å². The number of ether oxygens (including phenoxy) is 2. The summed E-state index contributed by atoms with van der Waals surface area (Å²) in [7, 11) is 0. The van der Waals surface area contributed by atoms with E-state index in [-0.39, 0.29) is 30.4 Å². The monoisotopic (exact) mass is 427 g/mol. The number of amides is 3. The Bertz CT molecular complexity index is 887. The molecule has 3 amide bonds. The molecular weight excluding hydrogens is 398 g/mol. The number of nitrogens with one attached hydrogen (secondary N) is 1. The second-order valence-corrected chi connectivity index (χ2v) is 9.24. The lowest BCUT2D eigenvalue weighted by molar-refractivity contribution is -0.145. The maximum atomic E-state index is 13.0. The first-order chi connectivity index (χ1) is 15.0. The van der Waals surface area contributed by atoms with Gasteiger partial charge in [0.2, 0.25) is 24.5 Å². The summed E-state index contributed by atoms with van der Waals surface area (Å²) in [5, 5.41) is 2.97. The van der Waals surface area contributed by atoms with E-state index >= 15 is 0 Å². The Balaban J connectivity index is 1.13. The number of likely N-dealkylation sites (tertiary alicyclic amines) is 2. The molecule has 31 heavy (non-hydrogen) atoms. The van der Waals surface area contributed by atoms with Crippen LogP contribution in [0.2, 0.25) is 0 Å². The molecule has 1 aromatic rings. The molecule has 3 aliphatic heterocycles. The van der Waals surface area contributed by atoms with E-state index in [4.69, 9.17) is 9.47 Å². The highest BCUT2D eigenvalue weighted by molar-refractivity contribution is 6.05. The van der Waals surface area contributed by atoms with Crippen LogP contribution in [0.25, 0.3) is 0 Å². The average molecular weight is 428 g/mol. The summed E-state index contributed by atoms with van der Waals surface area (Å²) in [5.41, 5.74) is 0.265. The quantitative estimate of drug-likeness (QED) is 0.744. The molecule has 1 aromatic carbocycles. The fourth-order valence-electron chi connectivity index (χ4n) is 5.38. The van der Waals surface area contributed by atoms with Gasteiger partial charge in [0.1, 0.15) is 0 Å². The fourth-order valence-corrected chi connectivity index (χ4v) is 5.38. The number of hydrogen-bond donors (Lipinski definition) is 1. The zero-order valence-corrected chi connectivity index (χ0v) is 17.7. The molecule has 0 unspecified atom stereocenters. The van der Waals surface area contributed by atoms with Crippen LogP contribution in [-0.4, -0.2) is 54.1 Å². The molecule has 1 N–H and O–H groups in total. The first-order valence-corrected chi connectivity index (χ1v) is 11.3. The van der Waals surface area contributed by atoms with E-state index in [9.17, 15) is 14.4 Å². The van der Waals surface area contributed by atoms with Gasteiger partial charge in [-0.05, 0) is 37.8 Å². The highest BCUT2D eigenvalue weighted by atomic mass is 16.7. The lowest BCUT2D eigenvalue weighted by Crippen LogP contribution is -2.47. The smallest absolute Gasteiger partial charge is 0.237 e. The van der Waals surface area contributed by atoms with Gasteiger partial charge in [0.05, 0.1) is 12.1 Å². The van der Waals surface area contributed by atoms with Gasteiger partial charge in [0.15, 0.2) is 11.5 Å². The minimum absolute atomic E-state index is 0.00648. The predicted molar refractivity (Wildman–Crippen MR) is 112 cm³/mol. The van der Waals surface area contributed by atoms with Crippen molar-refractivity contribution in [3.63, 3.8) is 0 Å². The van der Waals surface area contributed by atoms with Crippen LogP contribution in [0.15, 0.2) is 18.2 Å². The molecular formula is C23H29N3O5. The predicted octanol–water partition coefficient (Wildman–Crippen LogP) is 2.73. The molecule has 1 saturated carbocycles. The van der Waals surface area contributed by atoms with E-state index in [1.165, 1.54) is 4.90 Å². The van der Waals surface area contributed by atoms with Crippen molar-refractivity contribution in [2.75, 3.05) is 31.9 Å². The van der Waals surface area contributed by atoms with Gasteiger partial charge in [0.25, 0.3) is 0 Å². The Kier molecular flexibility index (Phi) is 5.33. The number of benzene rings is 1. The standard InChI is InChI=1S/C23H29N3O5/c27-20-13-23(8-2-1-3-9-23)22(29)26(20)14-25-10-6-16(7-11-25)21(28)24-17-4-5-18-19(12-17)31-15-30-18/h4-5,12,16H,1-3,6-11,13-15H2,(H,24,28). The second-order valence-electron chi connectivity index (χ2n) is 9.24. The number of anilines is 1. The van der Waals surface area contributed by atoms with Crippen molar-refractivity contribution in [3.8, 4) is 11.5 Å². The number of hydrogen-bond acceptors (Lipinski definition) is 6. The highest BCUT2D eigenvalue weighted by Crippen LogP contribution is 2.45. The van der Waals surface area contributed by atoms with Crippen molar-refractivity contribution in [1.82, 2.24) is 9.80 Å². The third-order valence-corrected chi connectivity index (χ3v) is 7.24. The van der Waals surface area contributed by atoms with Gasteiger partial charge < -0.3 is 14.8 Å². The molecule has 8 nitrogen and oxygen atoms in total. The van der Waals surface area contributed by atoms with Crippen LogP contribution in [-0.2, 0) is 14.4 Å². The summed E-state index contributed by atoms with van der Waals surface area (Å²) in [6.07, 6.45) is 6.71. The molecule has 0 aromatic heterocycles. The van der Waals surface area contributed by atoms with Crippen molar-refractivity contribution in [2.24, 2.45) is 11.3 Å². The van der Waals surface area contributed by atoms with E-state index in [2.05, 4.69) is 10.2 Å². The average Bonchev–Trinajstić information content (AvgIpc) is 3.33. The van der Waals surface area contributed by atoms with Gasteiger partial charge in [-0.15, -0.1) is 0 Å². The van der Waals surface area contributed by atoms with Crippen LogP contribution in [0.4, 0.5) is 5.69 Å². The SMILES string of the molecule is O=C(Nc1ccc2c(c1)OCO2)C1CCN(CN2C(=O)CC3(CCCCC3)C2=O)CC1. The minimum atomic E-state index is -0.432. The maximum absolute atomic E-state index is 13.0. The van der Waals surface area contributed by atoms with Crippen LogP contribution in [0.1, 0.15) is 51.4 Å². The van der Waals surface area contributed by atoms with Crippen molar-refractivity contribution in [3.05, 3.63) is 18.2 Å². The molecule has 0 radical (unpaired) electrons. The molecule has 1 aliphatic carbocycles. The summed E-state index contributed by atoms with van der Waals surface area (Å²) in [4.78, 5) is 41.9. The van der Waals surface area contributed by atoms with Gasteiger partial charge in [0, 0.05) is 37.2 Å². The second kappa shape index (κ2) is 8.15. The van der Waals surface area contributed by atoms with Gasteiger partial charge >= 0.3 is 0 Å². The number of imide groups is 1. The van der Waals surface area contributed by atoms with Crippen molar-refractivity contribution in [1.29, 1.82) is 0 Å². The third-order valence-electron chi connectivity index (χ3n) is 7.24. The van der Waals surface area contributed by atoms with Crippen molar-refractivity contribution in [2.45, 2.75) is 51.4 Å². The molecule has 2 saturated heterocycles. The van der Waals surface area contributed by atoms with E-state index in [0.717, 1.165) is 32.1 Å². The largest absolute Gasteiger partial charge is 0.454 e. The molecule has 5 rings (SSSR count). The Morgan fingerprint density at radius 2 is 1.81 bits per heavy atom. The van der Waals surface area contributed by atoms with Gasteiger partial charge in [-0.2, -0.15) is 0 Å². The molecule has 8 heteroatoms. The van der Waals surface area contributed by atoms with Crippen LogP contribution in [0.5, 0.6) is 11.5 Å². The summed E-state index contributed by atoms with van der Waals surface area (Å²) >= 11 is 0. The fraction of sp³-hybridized carbons (Fsp3) is 0.609. The highest BCUT2D eigenvalue weighted by Gasteiger charge is 2.51. The van der Waals surface area contributed by atoms with Gasteiger partial charge in [-0.1, -0.05) is 19.3 Å². The van der Waals surface area contributed by atoms with Crippen LogP contribution < -0.4 is 14.8 Å². The summed E-state index contributed by atoms with van der Waals surface area (Å²) in [5.74, 6) is 1.23. The number of carbonyl (C=O) groups excluding carboxylic acids is 3. The van der Waals surface area contributed by atoms with Gasteiger partial charge in [-0.25, -0.2) is 0 Å². The van der Waals surface area contributed by atoms with E-state index in [1.807, 2.05) is 6.07 Å². The topological polar surface area (TPSA) is 88.2 Å². The number of carbonyl (C=O) groups is 3. The molecule has 3 heterocycles. The van der Waals surface area contributed by atoms with Crippen LogP contribution >= 0.6 is 0 Å². The number of piperidine rings is 1. The molecule has 0 bridgehead atoms. The van der Waals surface area contributed by atoms with E-state index in [0.29, 0.717) is 56.2 Å². The van der Waals surface area contributed by atoms with Gasteiger partial charge in [-0.3, -0.25) is 24.2 Å². The summed E-state index contributed by atoms with van der Waals surface area (Å²) in [6, 6.07) is 5.39. The molecule has 4 aliphatic rings. The molecule has 1 spiro atoms. The Labute approximate surface area is 181 Å². The number of nitrogens with zero attached hydrogens (tertiary/aromatic N) is 2. The van der Waals surface area contributed by atoms with Crippen LogP contribution in [0.3, 0.4) is 0 Å². The molecule has 166 valence electrons. The zero-order valence-electron chi connectivity index (χ0n) is 17.7. The maximum Gasteiger partial charge on any atom is 0.237 e. The lowest BCUT2D eigenvalue weighted by Gasteiger charge is -2.35. The van der Waals surface area contributed by atoms with Crippen molar-refractivity contribution < 1.29 is 23.9 Å². The Morgan fingerprint density at radius 1 is 1.06 bits per heavy atom. The van der Waals surface area contributed by atoms with E-state index in [1.54, 1.807) is 12.1 Å². The first-order valence-electron chi connectivity index (χ1n) is 11.3. The van der Waals surface area contributed by atoms with Crippen LogP contribution in [0, 0.1) is 11.3 Å². The Morgan fingerprint density at radius 3 is 2.58 bits per heavy atom. The Hall–Kier alpha value is -2.61. The molecule has 0 atom stereocenters. The lowest BCUT2D eigenvalue weighted by atomic mass is 9.73. The minimum Gasteiger partial charge on any atom is -0.454 e. The third kappa shape index (κ3) is 3.89. The zero-order chi connectivity index (χ0) is 21.4.